The summed E-state index contributed by atoms with van der Waals surface area (Å²) in [5, 5.41) is 23.0. The van der Waals surface area contributed by atoms with E-state index in [0.717, 1.165) is 12.8 Å². The van der Waals surface area contributed by atoms with Gasteiger partial charge < -0.3 is 4.74 Å². The van der Waals surface area contributed by atoms with Crippen molar-refractivity contribution in [2.45, 2.75) is 31.3 Å². The van der Waals surface area contributed by atoms with Crippen molar-refractivity contribution in [3.05, 3.63) is 34.4 Å². The van der Waals surface area contributed by atoms with Crippen LogP contribution in [0.2, 0.25) is 0 Å². The van der Waals surface area contributed by atoms with E-state index in [2.05, 4.69) is 11.4 Å². The topological polar surface area (TPSA) is 88.2 Å². The summed E-state index contributed by atoms with van der Waals surface area (Å²) < 4.78 is 5.49. The third-order valence-corrected chi connectivity index (χ3v) is 2.90. The molecule has 100 valence electrons. The minimum Gasteiger partial charge on any atom is -0.490 e. The summed E-state index contributed by atoms with van der Waals surface area (Å²) in [5.74, 6) is 0.397. The van der Waals surface area contributed by atoms with Gasteiger partial charge in [-0.05, 0) is 25.8 Å². The highest BCUT2D eigenvalue weighted by Crippen LogP contribution is 2.24. The molecular weight excluding hydrogens is 246 g/mol. The van der Waals surface area contributed by atoms with E-state index < -0.39 is 10.5 Å². The standard InChI is InChI=1S/C13H15N3O3/c1-13(8-14,15-10-5-6-10)9-19-12-4-2-3-11(7-12)16(17)18/h2-4,7,10,15H,5-6,9H2,1H3. The zero-order chi connectivity index (χ0) is 13.9. The summed E-state index contributed by atoms with van der Waals surface area (Å²) in [7, 11) is 0. The molecule has 0 aromatic heterocycles. The van der Waals surface area contributed by atoms with Crippen LogP contribution in [0.25, 0.3) is 0 Å². The Labute approximate surface area is 111 Å². The van der Waals surface area contributed by atoms with Crippen molar-refractivity contribution in [1.82, 2.24) is 5.32 Å². The van der Waals surface area contributed by atoms with Crippen molar-refractivity contribution < 1.29 is 9.66 Å². The van der Waals surface area contributed by atoms with Gasteiger partial charge in [0.25, 0.3) is 5.69 Å². The first-order valence-corrected chi connectivity index (χ1v) is 6.09. The Hall–Kier alpha value is -2.13. The third-order valence-electron chi connectivity index (χ3n) is 2.90. The number of ether oxygens (including phenoxy) is 1. The minimum atomic E-state index is -0.772. The van der Waals surface area contributed by atoms with Crippen molar-refractivity contribution in [1.29, 1.82) is 5.26 Å². The molecule has 6 nitrogen and oxygen atoms in total. The molecule has 0 aliphatic heterocycles. The molecule has 1 aromatic rings. The molecule has 1 unspecified atom stereocenters. The van der Waals surface area contributed by atoms with Crippen LogP contribution >= 0.6 is 0 Å². The molecule has 1 N–H and O–H groups in total. The molecule has 0 amide bonds. The lowest BCUT2D eigenvalue weighted by molar-refractivity contribution is -0.384. The molecule has 0 spiro atoms. The number of nitro groups is 1. The van der Waals surface area contributed by atoms with Gasteiger partial charge in [0, 0.05) is 12.1 Å². The smallest absolute Gasteiger partial charge is 0.273 e. The summed E-state index contributed by atoms with van der Waals surface area (Å²) in [4.78, 5) is 10.2. The molecule has 0 bridgehead atoms. The van der Waals surface area contributed by atoms with Gasteiger partial charge in [-0.25, -0.2) is 0 Å². The molecule has 1 atom stereocenters. The van der Waals surface area contributed by atoms with E-state index in [1.54, 1.807) is 19.1 Å². The van der Waals surface area contributed by atoms with Gasteiger partial charge in [0.2, 0.25) is 0 Å². The highest BCUT2D eigenvalue weighted by Gasteiger charge is 2.33. The van der Waals surface area contributed by atoms with Crippen LogP contribution < -0.4 is 10.1 Å². The third kappa shape index (κ3) is 3.66. The number of hydrogen-bond donors (Lipinski definition) is 1. The van der Waals surface area contributed by atoms with E-state index in [0.29, 0.717) is 11.8 Å². The molecular formula is C13H15N3O3. The maximum absolute atomic E-state index is 10.6. The van der Waals surface area contributed by atoms with Crippen LogP contribution in [-0.4, -0.2) is 23.1 Å². The van der Waals surface area contributed by atoms with Crippen LogP contribution in [0.5, 0.6) is 5.75 Å². The number of nitrogens with zero attached hydrogens (tertiary/aromatic N) is 2. The molecule has 1 fully saturated rings. The Balaban J connectivity index is 1.98. The van der Waals surface area contributed by atoms with Crippen molar-refractivity contribution in [3.8, 4) is 11.8 Å². The van der Waals surface area contributed by atoms with Crippen LogP contribution in [0.15, 0.2) is 24.3 Å². The van der Waals surface area contributed by atoms with Gasteiger partial charge >= 0.3 is 0 Å². The van der Waals surface area contributed by atoms with Crippen LogP contribution in [0.1, 0.15) is 19.8 Å². The lowest BCUT2D eigenvalue weighted by atomic mass is 10.1. The lowest BCUT2D eigenvalue weighted by Crippen LogP contribution is -2.47. The Bertz CT molecular complexity index is 522. The number of benzene rings is 1. The average molecular weight is 261 g/mol. The molecule has 0 heterocycles. The Morgan fingerprint density at radius 3 is 2.95 bits per heavy atom. The highest BCUT2D eigenvalue weighted by atomic mass is 16.6. The summed E-state index contributed by atoms with van der Waals surface area (Å²) >= 11 is 0. The average Bonchev–Trinajstić information content (AvgIpc) is 3.20. The van der Waals surface area contributed by atoms with Gasteiger partial charge in [-0.1, -0.05) is 6.07 Å². The van der Waals surface area contributed by atoms with Crippen LogP contribution in [0.3, 0.4) is 0 Å². The number of nitrogens with one attached hydrogen (secondary N) is 1. The number of non-ortho nitro benzene ring substituents is 1. The zero-order valence-electron chi connectivity index (χ0n) is 10.6. The van der Waals surface area contributed by atoms with E-state index in [4.69, 9.17) is 4.74 Å². The second-order valence-electron chi connectivity index (χ2n) is 4.91. The molecule has 1 saturated carbocycles. The number of nitriles is 1. The minimum absolute atomic E-state index is 0.0219. The first-order valence-electron chi connectivity index (χ1n) is 6.09. The fraction of sp³-hybridized carbons (Fsp3) is 0.462. The first kappa shape index (κ1) is 13.3. The molecule has 1 aliphatic carbocycles. The zero-order valence-corrected chi connectivity index (χ0v) is 10.6. The fourth-order valence-electron chi connectivity index (χ4n) is 1.70. The van der Waals surface area contributed by atoms with E-state index >= 15 is 0 Å². The molecule has 6 heteroatoms. The van der Waals surface area contributed by atoms with Crippen LogP contribution in [-0.2, 0) is 0 Å². The van der Waals surface area contributed by atoms with Gasteiger partial charge in [-0.3, -0.25) is 15.4 Å². The van der Waals surface area contributed by atoms with Crippen molar-refractivity contribution >= 4 is 5.69 Å². The molecule has 0 saturated heterocycles. The normalized spacial score (nSPS) is 17.3. The first-order chi connectivity index (χ1) is 9.02. The largest absolute Gasteiger partial charge is 0.490 e. The summed E-state index contributed by atoms with van der Waals surface area (Å²) in [6.45, 7) is 1.92. The summed E-state index contributed by atoms with van der Waals surface area (Å²) in [5.41, 5.74) is -0.794. The van der Waals surface area contributed by atoms with Gasteiger partial charge in [0.1, 0.15) is 17.9 Å². The van der Waals surface area contributed by atoms with Crippen LogP contribution in [0, 0.1) is 21.4 Å². The van der Waals surface area contributed by atoms with E-state index in [-0.39, 0.29) is 12.3 Å². The van der Waals surface area contributed by atoms with Gasteiger partial charge in [-0.15, -0.1) is 0 Å². The van der Waals surface area contributed by atoms with E-state index in [1.807, 2.05) is 0 Å². The maximum atomic E-state index is 10.6. The lowest BCUT2D eigenvalue weighted by Gasteiger charge is -2.23. The Kier molecular flexibility index (Phi) is 3.67. The maximum Gasteiger partial charge on any atom is 0.273 e. The predicted molar refractivity (Wildman–Crippen MR) is 68.8 cm³/mol. The van der Waals surface area contributed by atoms with Gasteiger partial charge in [0.05, 0.1) is 17.1 Å². The number of rotatable bonds is 6. The molecule has 1 aliphatic rings. The molecule has 2 rings (SSSR count). The van der Waals surface area contributed by atoms with Crippen molar-refractivity contribution in [3.63, 3.8) is 0 Å². The number of hydrogen-bond acceptors (Lipinski definition) is 5. The Morgan fingerprint density at radius 2 is 2.37 bits per heavy atom. The van der Waals surface area contributed by atoms with E-state index in [1.165, 1.54) is 12.1 Å². The monoisotopic (exact) mass is 261 g/mol. The van der Waals surface area contributed by atoms with Crippen molar-refractivity contribution in [2.24, 2.45) is 0 Å². The summed E-state index contributed by atoms with van der Waals surface area (Å²) in [6, 6.07) is 8.53. The predicted octanol–water partition coefficient (Wildman–Crippen LogP) is 2.01. The second-order valence-corrected chi connectivity index (χ2v) is 4.91. The van der Waals surface area contributed by atoms with E-state index in [9.17, 15) is 15.4 Å². The van der Waals surface area contributed by atoms with Crippen molar-refractivity contribution in [2.75, 3.05) is 6.61 Å². The highest BCUT2D eigenvalue weighted by molar-refractivity contribution is 5.38. The van der Waals surface area contributed by atoms with Gasteiger partial charge in [0.15, 0.2) is 0 Å². The van der Waals surface area contributed by atoms with Gasteiger partial charge in [-0.2, -0.15) is 5.26 Å². The van der Waals surface area contributed by atoms with Crippen LogP contribution in [0.4, 0.5) is 5.69 Å². The summed E-state index contributed by atoms with van der Waals surface area (Å²) in [6.07, 6.45) is 2.15. The SMILES string of the molecule is CC(C#N)(COc1cccc([N+](=O)[O-])c1)NC1CC1. The number of nitro benzene ring substituents is 1. The molecule has 19 heavy (non-hydrogen) atoms. The Morgan fingerprint density at radius 1 is 1.63 bits per heavy atom. The second kappa shape index (κ2) is 5.24. The molecule has 0 radical (unpaired) electrons. The molecule has 1 aromatic carbocycles. The quantitative estimate of drug-likeness (QED) is 0.625. The fourth-order valence-corrected chi connectivity index (χ4v) is 1.70.